The van der Waals surface area contributed by atoms with Gasteiger partial charge in [-0.05, 0) is 25.3 Å². The Morgan fingerprint density at radius 2 is 2.12 bits per heavy atom. The van der Waals surface area contributed by atoms with E-state index in [0.29, 0.717) is 5.82 Å². The van der Waals surface area contributed by atoms with E-state index in [0.717, 1.165) is 4.90 Å². The zero-order chi connectivity index (χ0) is 10.6. The average molecular weight is 284 g/mol. The minimum atomic E-state index is -0.517. The van der Waals surface area contributed by atoms with Gasteiger partial charge < -0.3 is 11.1 Å². The molecule has 92 valence electrons. The summed E-state index contributed by atoms with van der Waals surface area (Å²) in [5.41, 5.74) is 5.40. The van der Waals surface area contributed by atoms with Gasteiger partial charge in [0, 0.05) is 11.1 Å². The Bertz CT molecular complexity index is 319. The van der Waals surface area contributed by atoms with Crippen LogP contribution in [0.5, 0.6) is 0 Å². The second-order valence-corrected chi connectivity index (χ2v) is 3.74. The van der Waals surface area contributed by atoms with E-state index in [9.17, 15) is 4.79 Å². The molecule has 0 aromatic carbocycles. The summed E-state index contributed by atoms with van der Waals surface area (Å²) in [6.07, 6.45) is 3.68. The molecule has 0 aliphatic heterocycles. The molecule has 16 heavy (non-hydrogen) atoms. The van der Waals surface area contributed by atoms with Crippen molar-refractivity contribution in [3.05, 3.63) is 18.3 Å². The number of nitrogens with two attached hydrogens (primary N) is 1. The topological polar surface area (TPSA) is 68.0 Å². The van der Waals surface area contributed by atoms with Crippen LogP contribution in [-0.2, 0) is 4.79 Å². The van der Waals surface area contributed by atoms with E-state index in [2.05, 4.69) is 10.3 Å². The lowest BCUT2D eigenvalue weighted by molar-refractivity contribution is -0.117. The highest BCUT2D eigenvalue weighted by atomic mass is 35.5. The number of aromatic nitrogens is 1. The van der Waals surface area contributed by atoms with E-state index in [-0.39, 0.29) is 30.7 Å². The molecule has 1 rings (SSSR count). The van der Waals surface area contributed by atoms with Gasteiger partial charge in [-0.2, -0.15) is 0 Å². The maximum atomic E-state index is 11.2. The number of nitrogens with zero attached hydrogens (tertiary/aromatic N) is 1. The molecule has 0 saturated carbocycles. The summed E-state index contributed by atoms with van der Waals surface area (Å²) >= 11 is 1.60. The Kier molecular flexibility index (Phi) is 9.66. The summed E-state index contributed by atoms with van der Waals surface area (Å²) in [7, 11) is 0. The van der Waals surface area contributed by atoms with Gasteiger partial charge in [-0.15, -0.1) is 36.6 Å². The van der Waals surface area contributed by atoms with Crippen LogP contribution < -0.4 is 11.1 Å². The maximum absolute atomic E-state index is 11.2. The predicted octanol–water partition coefficient (Wildman–Crippen LogP) is 1.93. The number of amides is 1. The Morgan fingerprint density at radius 3 is 2.50 bits per heavy atom. The summed E-state index contributed by atoms with van der Waals surface area (Å²) in [6, 6.07) is 3.14. The first-order valence-corrected chi connectivity index (χ1v) is 5.42. The standard InChI is InChI=1S/C9H13N3OS.2ClH/c1-6(10)9(13)12-8-4-3-7(14-2)5-11-8;;/h3-6H,10H2,1-2H3,(H,11,12,13);2*1H/t6-;;/m1../s1. The number of nitrogens with one attached hydrogen (secondary N) is 1. The number of carbonyl (C=O) groups excluding carboxylic acids is 1. The zero-order valence-corrected chi connectivity index (χ0v) is 11.4. The minimum Gasteiger partial charge on any atom is -0.320 e. The van der Waals surface area contributed by atoms with Crippen LogP contribution in [0.3, 0.4) is 0 Å². The van der Waals surface area contributed by atoms with Crippen molar-refractivity contribution in [1.29, 1.82) is 0 Å². The first-order chi connectivity index (χ1) is 6.63. The van der Waals surface area contributed by atoms with Crippen molar-refractivity contribution in [3.8, 4) is 0 Å². The molecule has 7 heteroatoms. The molecule has 0 fully saturated rings. The van der Waals surface area contributed by atoms with Crippen molar-refractivity contribution >= 4 is 48.3 Å². The molecular weight excluding hydrogens is 269 g/mol. The highest BCUT2D eigenvalue weighted by Crippen LogP contribution is 2.14. The summed E-state index contributed by atoms with van der Waals surface area (Å²) in [6.45, 7) is 1.63. The van der Waals surface area contributed by atoms with Gasteiger partial charge in [0.2, 0.25) is 5.91 Å². The zero-order valence-electron chi connectivity index (χ0n) is 8.97. The van der Waals surface area contributed by atoms with Crippen LogP contribution in [0.15, 0.2) is 23.2 Å². The molecule has 1 aromatic heterocycles. The lowest BCUT2D eigenvalue weighted by atomic mass is 10.3. The quantitative estimate of drug-likeness (QED) is 0.832. The second-order valence-electron chi connectivity index (χ2n) is 2.86. The third-order valence-corrected chi connectivity index (χ3v) is 2.35. The van der Waals surface area contributed by atoms with Crippen molar-refractivity contribution in [2.24, 2.45) is 5.73 Å². The number of thioether (sulfide) groups is 1. The number of carbonyl (C=O) groups is 1. The van der Waals surface area contributed by atoms with Crippen molar-refractivity contribution in [3.63, 3.8) is 0 Å². The molecule has 0 unspecified atom stereocenters. The summed E-state index contributed by atoms with van der Waals surface area (Å²) in [5, 5.41) is 2.61. The molecule has 4 nitrogen and oxygen atoms in total. The Labute approximate surface area is 112 Å². The molecule has 0 aliphatic carbocycles. The second kappa shape index (κ2) is 8.64. The van der Waals surface area contributed by atoms with Crippen LogP contribution in [0.2, 0.25) is 0 Å². The Morgan fingerprint density at radius 1 is 1.50 bits per heavy atom. The first-order valence-electron chi connectivity index (χ1n) is 4.20. The van der Waals surface area contributed by atoms with Crippen LogP contribution in [0.1, 0.15) is 6.92 Å². The molecule has 1 heterocycles. The normalized spacial score (nSPS) is 10.7. The number of pyridine rings is 1. The number of anilines is 1. The minimum absolute atomic E-state index is 0. The first kappa shape index (κ1) is 17.9. The van der Waals surface area contributed by atoms with Crippen LogP contribution in [-0.4, -0.2) is 23.2 Å². The van der Waals surface area contributed by atoms with Crippen LogP contribution >= 0.6 is 36.6 Å². The van der Waals surface area contributed by atoms with E-state index in [1.807, 2.05) is 12.3 Å². The van der Waals surface area contributed by atoms with Crippen molar-refractivity contribution in [2.45, 2.75) is 17.9 Å². The van der Waals surface area contributed by atoms with Gasteiger partial charge >= 0.3 is 0 Å². The molecule has 0 saturated heterocycles. The SMILES string of the molecule is CSc1ccc(NC(=O)[C@@H](C)N)nc1.Cl.Cl. The number of hydrogen-bond acceptors (Lipinski definition) is 4. The van der Waals surface area contributed by atoms with E-state index in [1.54, 1.807) is 30.9 Å². The molecule has 1 aromatic rings. The lowest BCUT2D eigenvalue weighted by Crippen LogP contribution is -2.32. The van der Waals surface area contributed by atoms with E-state index in [1.165, 1.54) is 0 Å². The largest absolute Gasteiger partial charge is 0.320 e. The van der Waals surface area contributed by atoms with Crippen molar-refractivity contribution in [2.75, 3.05) is 11.6 Å². The third kappa shape index (κ3) is 5.55. The maximum Gasteiger partial charge on any atom is 0.242 e. The van der Waals surface area contributed by atoms with E-state index >= 15 is 0 Å². The number of halogens is 2. The van der Waals surface area contributed by atoms with Gasteiger partial charge in [0.15, 0.2) is 0 Å². The van der Waals surface area contributed by atoms with Crippen molar-refractivity contribution in [1.82, 2.24) is 4.98 Å². The fraction of sp³-hybridized carbons (Fsp3) is 0.333. The Balaban J connectivity index is 0. The molecule has 0 spiro atoms. The van der Waals surface area contributed by atoms with Gasteiger partial charge in [-0.3, -0.25) is 4.79 Å². The van der Waals surface area contributed by atoms with Crippen LogP contribution in [0, 0.1) is 0 Å². The van der Waals surface area contributed by atoms with Gasteiger partial charge in [-0.1, -0.05) is 0 Å². The van der Waals surface area contributed by atoms with Crippen molar-refractivity contribution < 1.29 is 4.79 Å². The molecule has 0 aliphatic rings. The molecular formula is C9H15Cl2N3OS. The average Bonchev–Trinajstić information content (AvgIpc) is 2.19. The molecule has 1 amide bonds. The van der Waals surface area contributed by atoms with E-state index in [4.69, 9.17) is 5.73 Å². The molecule has 0 radical (unpaired) electrons. The van der Waals surface area contributed by atoms with Gasteiger partial charge in [0.1, 0.15) is 5.82 Å². The lowest BCUT2D eigenvalue weighted by Gasteiger charge is -2.06. The van der Waals surface area contributed by atoms with Crippen LogP contribution in [0.25, 0.3) is 0 Å². The fourth-order valence-electron chi connectivity index (χ4n) is 0.815. The van der Waals surface area contributed by atoms with Gasteiger partial charge in [0.05, 0.1) is 6.04 Å². The predicted molar refractivity (Wildman–Crippen MR) is 72.8 cm³/mol. The van der Waals surface area contributed by atoms with E-state index < -0.39 is 6.04 Å². The highest BCUT2D eigenvalue weighted by Gasteiger charge is 2.07. The molecule has 3 N–H and O–H groups in total. The summed E-state index contributed by atoms with van der Waals surface area (Å²) in [5.74, 6) is 0.305. The number of rotatable bonds is 3. The third-order valence-electron chi connectivity index (χ3n) is 1.64. The molecule has 0 bridgehead atoms. The number of hydrogen-bond donors (Lipinski definition) is 2. The van der Waals surface area contributed by atoms with Gasteiger partial charge in [-0.25, -0.2) is 4.98 Å². The van der Waals surface area contributed by atoms with Gasteiger partial charge in [0.25, 0.3) is 0 Å². The fourth-order valence-corrected chi connectivity index (χ4v) is 1.18. The Hall–Kier alpha value is -0.490. The highest BCUT2D eigenvalue weighted by molar-refractivity contribution is 7.98. The smallest absolute Gasteiger partial charge is 0.242 e. The summed E-state index contributed by atoms with van der Waals surface area (Å²) in [4.78, 5) is 16.3. The summed E-state index contributed by atoms with van der Waals surface area (Å²) < 4.78 is 0. The monoisotopic (exact) mass is 283 g/mol. The van der Waals surface area contributed by atoms with Crippen LogP contribution in [0.4, 0.5) is 5.82 Å². The molecule has 1 atom stereocenters.